The molecule has 0 nitrogen and oxygen atoms in total. The van der Waals surface area contributed by atoms with Crippen LogP contribution < -0.4 is 0 Å². The highest BCUT2D eigenvalue weighted by Gasteiger charge is 2.02. The minimum atomic E-state index is 0.856. The summed E-state index contributed by atoms with van der Waals surface area (Å²) in [5.41, 5.74) is 2.43. The summed E-state index contributed by atoms with van der Waals surface area (Å²) in [5.74, 6) is 0. The fraction of sp³-hybridized carbons (Fsp3) is 0.250. The fourth-order valence-electron chi connectivity index (χ4n) is 0.804. The zero-order valence-corrected chi connectivity index (χ0v) is 6.37. The number of rotatable bonds is 0. The number of halogens is 1. The van der Waals surface area contributed by atoms with Crippen LogP contribution in [0.25, 0.3) is 0 Å². The first-order chi connectivity index (χ1) is 4.22. The Morgan fingerprint density at radius 3 is 2.33 bits per heavy atom. The molecule has 0 heterocycles. The van der Waals surface area contributed by atoms with Crippen molar-refractivity contribution >= 4 is 11.6 Å². The van der Waals surface area contributed by atoms with Crippen molar-refractivity contribution < 1.29 is 0 Å². The molecule has 0 spiro atoms. The van der Waals surface area contributed by atoms with Gasteiger partial charge in [0.1, 0.15) is 0 Å². The molecule has 1 heteroatoms. The van der Waals surface area contributed by atoms with Crippen molar-refractivity contribution in [3.05, 3.63) is 34.4 Å². The van der Waals surface area contributed by atoms with E-state index in [1.807, 2.05) is 18.2 Å². The Bertz CT molecular complexity index is 203. The van der Waals surface area contributed by atoms with Crippen LogP contribution in [-0.2, 0) is 0 Å². The lowest BCUT2D eigenvalue weighted by atomic mass is 10.2. The molecule has 0 aliphatic heterocycles. The maximum Gasteiger partial charge on any atom is 0.0477 e. The SMILES string of the molecule is CC(C)=C1C=CC=C1Cl. The summed E-state index contributed by atoms with van der Waals surface area (Å²) in [6.45, 7) is 4.11. The molecule has 0 unspecified atom stereocenters. The van der Waals surface area contributed by atoms with Crippen molar-refractivity contribution in [2.24, 2.45) is 0 Å². The van der Waals surface area contributed by atoms with E-state index in [1.165, 1.54) is 5.57 Å². The minimum absolute atomic E-state index is 0.856. The van der Waals surface area contributed by atoms with Crippen LogP contribution in [-0.4, -0.2) is 0 Å². The van der Waals surface area contributed by atoms with Crippen LogP contribution in [0, 0.1) is 0 Å². The maximum atomic E-state index is 5.81. The van der Waals surface area contributed by atoms with E-state index in [0.717, 1.165) is 10.6 Å². The van der Waals surface area contributed by atoms with Gasteiger partial charge in [-0.2, -0.15) is 0 Å². The monoisotopic (exact) mass is 140 g/mol. The van der Waals surface area contributed by atoms with Crippen molar-refractivity contribution in [2.45, 2.75) is 13.8 Å². The summed E-state index contributed by atoms with van der Waals surface area (Å²) >= 11 is 5.81. The molecule has 0 aromatic rings. The smallest absolute Gasteiger partial charge is 0.0477 e. The molecule has 0 fully saturated rings. The molecule has 1 rings (SSSR count). The zero-order chi connectivity index (χ0) is 6.85. The minimum Gasteiger partial charge on any atom is -0.0837 e. The van der Waals surface area contributed by atoms with Crippen LogP contribution in [0.1, 0.15) is 13.8 Å². The van der Waals surface area contributed by atoms with Gasteiger partial charge in [-0.15, -0.1) is 0 Å². The van der Waals surface area contributed by atoms with E-state index in [4.69, 9.17) is 11.6 Å². The predicted molar refractivity (Wildman–Crippen MR) is 41.5 cm³/mol. The third-order valence-corrected chi connectivity index (χ3v) is 1.63. The molecule has 0 saturated carbocycles. The van der Waals surface area contributed by atoms with Gasteiger partial charge in [-0.25, -0.2) is 0 Å². The van der Waals surface area contributed by atoms with Crippen molar-refractivity contribution in [1.82, 2.24) is 0 Å². The standard InChI is InChI=1S/C8H9Cl/c1-6(2)7-4-3-5-8(7)9/h3-5H,1-2H3. The molecule has 1 aliphatic carbocycles. The van der Waals surface area contributed by atoms with Gasteiger partial charge < -0.3 is 0 Å². The highest BCUT2D eigenvalue weighted by molar-refractivity contribution is 6.32. The van der Waals surface area contributed by atoms with Gasteiger partial charge in [-0.05, 0) is 25.5 Å². The molecule has 0 saturated heterocycles. The molecule has 0 radical (unpaired) electrons. The third kappa shape index (κ3) is 1.25. The van der Waals surface area contributed by atoms with E-state index in [0.29, 0.717) is 0 Å². The topological polar surface area (TPSA) is 0 Å². The summed E-state index contributed by atoms with van der Waals surface area (Å²) in [4.78, 5) is 0. The first kappa shape index (κ1) is 6.63. The van der Waals surface area contributed by atoms with Gasteiger partial charge in [0.2, 0.25) is 0 Å². The van der Waals surface area contributed by atoms with Gasteiger partial charge in [0.15, 0.2) is 0 Å². The number of hydrogen-bond donors (Lipinski definition) is 0. The van der Waals surface area contributed by atoms with Gasteiger partial charge in [0.25, 0.3) is 0 Å². The highest BCUT2D eigenvalue weighted by Crippen LogP contribution is 2.24. The molecule has 48 valence electrons. The lowest BCUT2D eigenvalue weighted by Crippen LogP contribution is -1.76. The molecule has 9 heavy (non-hydrogen) atoms. The quantitative estimate of drug-likeness (QED) is 0.485. The second kappa shape index (κ2) is 2.40. The van der Waals surface area contributed by atoms with Crippen molar-refractivity contribution in [1.29, 1.82) is 0 Å². The lowest BCUT2D eigenvalue weighted by molar-refractivity contribution is 1.34. The summed E-state index contributed by atoms with van der Waals surface area (Å²) in [7, 11) is 0. The van der Waals surface area contributed by atoms with E-state index in [1.54, 1.807) is 0 Å². The van der Waals surface area contributed by atoms with Crippen molar-refractivity contribution in [3.63, 3.8) is 0 Å². The second-order valence-electron chi connectivity index (χ2n) is 2.29. The first-order valence-electron chi connectivity index (χ1n) is 2.93. The summed E-state index contributed by atoms with van der Waals surface area (Å²) in [5, 5.41) is 0.856. The Hall–Kier alpha value is -0.490. The van der Waals surface area contributed by atoms with Crippen LogP contribution in [0.4, 0.5) is 0 Å². The van der Waals surface area contributed by atoms with Crippen molar-refractivity contribution in [3.8, 4) is 0 Å². The summed E-state index contributed by atoms with van der Waals surface area (Å²) in [6, 6.07) is 0. The number of allylic oxidation sites excluding steroid dienone is 6. The van der Waals surface area contributed by atoms with E-state index in [9.17, 15) is 0 Å². The van der Waals surface area contributed by atoms with Crippen molar-refractivity contribution in [2.75, 3.05) is 0 Å². The average Bonchev–Trinajstić information content (AvgIpc) is 2.13. The molecule has 0 bridgehead atoms. The lowest BCUT2D eigenvalue weighted by Gasteiger charge is -1.96. The molecule has 0 amide bonds. The van der Waals surface area contributed by atoms with Crippen LogP contribution in [0.3, 0.4) is 0 Å². The molecular formula is C8H9Cl. The zero-order valence-electron chi connectivity index (χ0n) is 5.61. The second-order valence-corrected chi connectivity index (χ2v) is 2.69. The van der Waals surface area contributed by atoms with Crippen LogP contribution in [0.15, 0.2) is 34.4 Å². The van der Waals surface area contributed by atoms with Crippen LogP contribution in [0.5, 0.6) is 0 Å². The third-order valence-electron chi connectivity index (χ3n) is 1.30. The fourth-order valence-corrected chi connectivity index (χ4v) is 1.13. The van der Waals surface area contributed by atoms with Crippen LogP contribution >= 0.6 is 11.6 Å². The van der Waals surface area contributed by atoms with Gasteiger partial charge in [0.05, 0.1) is 0 Å². The summed E-state index contributed by atoms with van der Waals surface area (Å²) in [6.07, 6.45) is 5.90. The maximum absolute atomic E-state index is 5.81. The molecule has 0 atom stereocenters. The van der Waals surface area contributed by atoms with Crippen LogP contribution in [0.2, 0.25) is 0 Å². The van der Waals surface area contributed by atoms with E-state index < -0.39 is 0 Å². The molecule has 0 N–H and O–H groups in total. The molecular weight excluding hydrogens is 132 g/mol. The Kier molecular flexibility index (Phi) is 1.77. The predicted octanol–water partition coefficient (Wildman–Crippen LogP) is 3.02. The van der Waals surface area contributed by atoms with Gasteiger partial charge in [0, 0.05) is 5.03 Å². The molecule has 0 aromatic heterocycles. The average molecular weight is 141 g/mol. The first-order valence-corrected chi connectivity index (χ1v) is 3.31. The Morgan fingerprint density at radius 2 is 2.11 bits per heavy atom. The van der Waals surface area contributed by atoms with E-state index in [-0.39, 0.29) is 0 Å². The number of hydrogen-bond acceptors (Lipinski definition) is 0. The Balaban J connectivity index is 3.00. The summed E-state index contributed by atoms with van der Waals surface area (Å²) < 4.78 is 0. The molecule has 0 aromatic carbocycles. The Morgan fingerprint density at radius 1 is 1.44 bits per heavy atom. The largest absolute Gasteiger partial charge is 0.0837 e. The van der Waals surface area contributed by atoms with E-state index in [2.05, 4.69) is 13.8 Å². The van der Waals surface area contributed by atoms with Gasteiger partial charge in [-0.1, -0.05) is 29.3 Å². The normalized spacial score (nSPS) is 16.3. The Labute approximate surface area is 60.5 Å². The molecule has 1 aliphatic rings. The van der Waals surface area contributed by atoms with Gasteiger partial charge in [-0.3, -0.25) is 0 Å². The van der Waals surface area contributed by atoms with Gasteiger partial charge >= 0.3 is 0 Å². The highest BCUT2D eigenvalue weighted by atomic mass is 35.5. The van der Waals surface area contributed by atoms with E-state index >= 15 is 0 Å².